The molecule has 180 valence electrons. The lowest BCUT2D eigenvalue weighted by molar-refractivity contribution is -0.108. The van der Waals surface area contributed by atoms with Crippen LogP contribution in [0.1, 0.15) is 49.9 Å². The van der Waals surface area contributed by atoms with Crippen molar-refractivity contribution in [2.45, 2.75) is 51.0 Å². The Morgan fingerprint density at radius 1 is 1.15 bits per heavy atom. The lowest BCUT2D eigenvalue weighted by Crippen LogP contribution is -2.40. The number of hydrogen-bond donors (Lipinski definition) is 0. The quantitative estimate of drug-likeness (QED) is 0.484. The van der Waals surface area contributed by atoms with Crippen LogP contribution >= 0.6 is 10.3 Å². The zero-order chi connectivity index (χ0) is 24.2. The molecule has 0 fully saturated rings. The lowest BCUT2D eigenvalue weighted by atomic mass is 9.90. The summed E-state index contributed by atoms with van der Waals surface area (Å²) in [5.41, 5.74) is 2.88. The molecule has 1 unspecified atom stereocenters. The van der Waals surface area contributed by atoms with Crippen LogP contribution < -0.4 is 8.92 Å². The molecule has 3 rings (SSSR count). The van der Waals surface area contributed by atoms with Crippen molar-refractivity contribution >= 4 is 22.7 Å². The lowest BCUT2D eigenvalue weighted by Gasteiger charge is -2.44. The van der Waals surface area contributed by atoms with Gasteiger partial charge in [-0.15, -0.1) is 0 Å². The molecular formula is C26H35NO5S. The predicted molar refractivity (Wildman–Crippen MR) is 133 cm³/mol. The van der Waals surface area contributed by atoms with Crippen LogP contribution in [0.25, 0.3) is 0 Å². The maximum Gasteiger partial charge on any atom is 0.410 e. The Kier molecular flexibility index (Phi) is 7.62. The topological polar surface area (TPSA) is 65.1 Å². The molecule has 1 aliphatic rings. The second-order valence-corrected chi connectivity index (χ2v) is 13.4. The van der Waals surface area contributed by atoms with Crippen LogP contribution in [-0.4, -0.2) is 48.2 Å². The first kappa shape index (κ1) is 25.0. The van der Waals surface area contributed by atoms with Crippen molar-refractivity contribution in [1.29, 1.82) is 0 Å². The highest BCUT2D eigenvalue weighted by atomic mass is 32.3. The van der Waals surface area contributed by atoms with Crippen molar-refractivity contribution in [3.8, 4) is 11.5 Å². The average molecular weight is 474 g/mol. The van der Waals surface area contributed by atoms with Crippen LogP contribution in [0.15, 0.2) is 42.5 Å². The molecule has 0 spiro atoms. The van der Waals surface area contributed by atoms with Crippen molar-refractivity contribution < 1.29 is 23.2 Å². The molecule has 0 aliphatic carbocycles. The molecule has 33 heavy (non-hydrogen) atoms. The van der Waals surface area contributed by atoms with E-state index >= 15 is 0 Å². The first-order valence-corrected chi connectivity index (χ1v) is 13.5. The van der Waals surface area contributed by atoms with E-state index in [1.165, 1.54) is 0 Å². The standard InChI is InChI=1S/C26H35NO5S/c1-26(2,3)33(5,6)32-24-16-20-12-14-27(22(13-15-28)21(20)17-23(24)30-4)25(29)31-18-19-10-8-7-9-11-19/h7-11,15-17,22H,12-14,18H2,1-6H3. The average Bonchev–Trinajstić information content (AvgIpc) is 2.77. The Labute approximate surface area is 198 Å². The minimum atomic E-state index is -1.41. The van der Waals surface area contributed by atoms with Gasteiger partial charge in [-0.3, -0.25) is 0 Å². The van der Waals surface area contributed by atoms with Crippen LogP contribution in [0.2, 0.25) is 0 Å². The molecule has 0 bridgehead atoms. The van der Waals surface area contributed by atoms with Gasteiger partial charge < -0.3 is 23.4 Å². The largest absolute Gasteiger partial charge is 0.493 e. The number of benzene rings is 2. The number of methoxy groups -OCH3 is 1. The summed E-state index contributed by atoms with van der Waals surface area (Å²) in [6.07, 6.45) is 5.55. The number of amides is 1. The third-order valence-electron chi connectivity index (χ3n) is 6.31. The van der Waals surface area contributed by atoms with Crippen molar-refractivity contribution in [3.63, 3.8) is 0 Å². The van der Waals surface area contributed by atoms with Gasteiger partial charge >= 0.3 is 6.09 Å². The van der Waals surface area contributed by atoms with Crippen LogP contribution in [0.4, 0.5) is 4.79 Å². The van der Waals surface area contributed by atoms with E-state index in [-0.39, 0.29) is 17.8 Å². The van der Waals surface area contributed by atoms with E-state index in [1.807, 2.05) is 42.5 Å². The van der Waals surface area contributed by atoms with Gasteiger partial charge in [-0.2, -0.15) is 0 Å². The molecule has 1 heterocycles. The molecule has 0 aromatic heterocycles. The zero-order valence-electron chi connectivity index (χ0n) is 20.4. The number of carbonyl (C=O) groups excluding carboxylic acids is 2. The smallest absolute Gasteiger partial charge is 0.410 e. The molecule has 0 saturated heterocycles. The Balaban J connectivity index is 1.87. The summed E-state index contributed by atoms with van der Waals surface area (Å²) in [6, 6.07) is 13.1. The fourth-order valence-corrected chi connectivity index (χ4v) is 4.48. The van der Waals surface area contributed by atoms with Gasteiger partial charge in [-0.05, 0) is 68.5 Å². The number of ether oxygens (including phenoxy) is 2. The highest BCUT2D eigenvalue weighted by Crippen LogP contribution is 2.55. The molecule has 6 nitrogen and oxygen atoms in total. The van der Waals surface area contributed by atoms with Gasteiger partial charge in [0.25, 0.3) is 0 Å². The fraction of sp³-hybridized carbons (Fsp3) is 0.462. The highest BCUT2D eigenvalue weighted by molar-refractivity contribution is 8.30. The van der Waals surface area contributed by atoms with E-state index in [2.05, 4.69) is 33.3 Å². The molecule has 1 atom stereocenters. The van der Waals surface area contributed by atoms with Gasteiger partial charge in [-0.25, -0.2) is 4.79 Å². The van der Waals surface area contributed by atoms with Crippen molar-refractivity contribution in [2.75, 3.05) is 26.2 Å². The Morgan fingerprint density at radius 2 is 1.85 bits per heavy atom. The Bertz CT molecular complexity index is 984. The highest BCUT2D eigenvalue weighted by Gasteiger charge is 2.35. The van der Waals surface area contributed by atoms with Gasteiger partial charge in [0.1, 0.15) is 12.9 Å². The first-order chi connectivity index (χ1) is 15.6. The van der Waals surface area contributed by atoms with E-state index in [0.717, 1.165) is 23.0 Å². The van der Waals surface area contributed by atoms with E-state index in [9.17, 15) is 9.59 Å². The van der Waals surface area contributed by atoms with Crippen LogP contribution in [-0.2, 0) is 22.6 Å². The normalized spacial score (nSPS) is 16.5. The summed E-state index contributed by atoms with van der Waals surface area (Å²) >= 11 is 0. The number of nitrogens with zero attached hydrogens (tertiary/aromatic N) is 1. The molecule has 2 aromatic carbocycles. The van der Waals surface area contributed by atoms with E-state index < -0.39 is 22.4 Å². The summed E-state index contributed by atoms with van der Waals surface area (Å²) in [6.45, 7) is 7.18. The maximum atomic E-state index is 12.9. The number of hydrogen-bond acceptors (Lipinski definition) is 5. The number of fused-ring (bicyclic) bond motifs is 1. The zero-order valence-corrected chi connectivity index (χ0v) is 21.2. The van der Waals surface area contributed by atoms with Crippen LogP contribution in [0.3, 0.4) is 0 Å². The van der Waals surface area contributed by atoms with Crippen molar-refractivity contribution in [3.05, 3.63) is 59.2 Å². The predicted octanol–water partition coefficient (Wildman–Crippen LogP) is 5.68. The van der Waals surface area contributed by atoms with E-state index in [4.69, 9.17) is 13.7 Å². The number of rotatable bonds is 7. The first-order valence-electron chi connectivity index (χ1n) is 11.1. The van der Waals surface area contributed by atoms with Gasteiger partial charge in [0, 0.05) is 17.7 Å². The summed E-state index contributed by atoms with van der Waals surface area (Å²) < 4.78 is 17.7. The van der Waals surface area contributed by atoms with Gasteiger partial charge in [0.15, 0.2) is 11.5 Å². The SMILES string of the molecule is COc1cc2c(cc1OS(C)(C)C(C)(C)C)CCN(C(=O)OCc1ccccc1)C2CC=O. The third kappa shape index (κ3) is 5.64. The van der Waals surface area contributed by atoms with Crippen molar-refractivity contribution in [2.24, 2.45) is 0 Å². The van der Waals surface area contributed by atoms with Gasteiger partial charge in [0.05, 0.1) is 13.2 Å². The molecule has 1 amide bonds. The van der Waals surface area contributed by atoms with Crippen LogP contribution in [0, 0.1) is 0 Å². The molecule has 0 N–H and O–H groups in total. The molecule has 0 saturated carbocycles. The summed E-state index contributed by atoms with van der Waals surface area (Å²) in [4.78, 5) is 26.1. The second-order valence-electron chi connectivity index (χ2n) is 9.53. The maximum absolute atomic E-state index is 12.9. The molecule has 1 aliphatic heterocycles. The van der Waals surface area contributed by atoms with Crippen LogP contribution in [0.5, 0.6) is 11.5 Å². The minimum absolute atomic E-state index is 0.00667. The van der Waals surface area contributed by atoms with Crippen molar-refractivity contribution in [1.82, 2.24) is 4.90 Å². The molecule has 0 radical (unpaired) electrons. The number of aldehydes is 1. The minimum Gasteiger partial charge on any atom is -0.493 e. The Hall–Kier alpha value is -2.67. The monoisotopic (exact) mass is 473 g/mol. The molecule has 2 aromatic rings. The van der Waals surface area contributed by atoms with E-state index in [1.54, 1.807) is 12.0 Å². The molecule has 7 heteroatoms. The third-order valence-corrected chi connectivity index (χ3v) is 9.86. The summed E-state index contributed by atoms with van der Waals surface area (Å²) in [5.74, 6) is 1.31. The Morgan fingerprint density at radius 3 is 2.45 bits per heavy atom. The van der Waals surface area contributed by atoms with Gasteiger partial charge in [-0.1, -0.05) is 40.6 Å². The fourth-order valence-electron chi connectivity index (χ4n) is 3.65. The number of carbonyl (C=O) groups is 2. The summed E-state index contributed by atoms with van der Waals surface area (Å²) in [7, 11) is 0.196. The second kappa shape index (κ2) is 10.1. The van der Waals surface area contributed by atoms with E-state index in [0.29, 0.717) is 24.5 Å². The summed E-state index contributed by atoms with van der Waals surface area (Å²) in [5, 5.41) is 0. The molecular weight excluding hydrogens is 438 g/mol. The van der Waals surface area contributed by atoms with Gasteiger partial charge in [0.2, 0.25) is 0 Å².